The molecular weight excluding hydrogens is 126 g/mol. The average molecular weight is 143 g/mol. The second-order valence-corrected chi connectivity index (χ2v) is 3.32. The van der Waals surface area contributed by atoms with E-state index in [-0.39, 0.29) is 0 Å². The van der Waals surface area contributed by atoms with Crippen LogP contribution in [0.2, 0.25) is 0 Å². The van der Waals surface area contributed by atoms with Gasteiger partial charge in [-0.3, -0.25) is 10.7 Å². The molecule has 0 saturated carbocycles. The Morgan fingerprint density at radius 2 is 1.60 bits per heavy atom. The molecule has 0 radical (unpaired) electrons. The molecule has 0 amide bonds. The van der Waals surface area contributed by atoms with Crippen molar-refractivity contribution in [3.63, 3.8) is 0 Å². The lowest BCUT2D eigenvalue weighted by atomic mass is 10.1. The quantitative estimate of drug-likeness (QED) is 0.480. The topological polar surface area (TPSA) is 32.5 Å². The predicted molar refractivity (Wildman–Crippen MR) is 42.4 cm³/mol. The molecule has 1 aliphatic heterocycles. The molecule has 0 bridgehead atoms. The Morgan fingerprint density at radius 1 is 1.20 bits per heavy atom. The molecule has 0 aromatic rings. The molecule has 3 nitrogen and oxygen atoms in total. The van der Waals surface area contributed by atoms with Crippen molar-refractivity contribution in [2.24, 2.45) is 5.84 Å². The molecular formula is C7H17N3. The summed E-state index contributed by atoms with van der Waals surface area (Å²) in [6.45, 7) is 6.38. The van der Waals surface area contributed by atoms with Crippen molar-refractivity contribution in [1.82, 2.24) is 9.91 Å². The first kappa shape index (κ1) is 7.98. The molecule has 10 heavy (non-hydrogen) atoms. The summed E-state index contributed by atoms with van der Waals surface area (Å²) in [6, 6.07) is 1.18. The third-order valence-electron chi connectivity index (χ3n) is 2.39. The highest BCUT2D eigenvalue weighted by molar-refractivity contribution is 4.79. The van der Waals surface area contributed by atoms with E-state index in [2.05, 4.69) is 25.8 Å². The lowest BCUT2D eigenvalue weighted by molar-refractivity contribution is 0.0603. The van der Waals surface area contributed by atoms with Crippen molar-refractivity contribution < 1.29 is 0 Å². The third kappa shape index (κ3) is 1.48. The summed E-state index contributed by atoms with van der Waals surface area (Å²) in [4.78, 5) is 2.36. The van der Waals surface area contributed by atoms with Crippen molar-refractivity contribution in [1.29, 1.82) is 0 Å². The Labute approximate surface area is 62.8 Å². The van der Waals surface area contributed by atoms with Crippen LogP contribution in [0.15, 0.2) is 0 Å². The SMILES string of the molecule is C[C@@H]1CN(N)C[C@H](C)N1C. The summed E-state index contributed by atoms with van der Waals surface area (Å²) in [7, 11) is 2.16. The van der Waals surface area contributed by atoms with Crippen molar-refractivity contribution in [3.05, 3.63) is 0 Å². The Balaban J connectivity index is 2.49. The highest BCUT2D eigenvalue weighted by Crippen LogP contribution is 2.09. The van der Waals surface area contributed by atoms with Crippen LogP contribution < -0.4 is 5.84 Å². The molecule has 1 heterocycles. The molecule has 1 rings (SSSR count). The molecule has 1 aliphatic rings. The van der Waals surface area contributed by atoms with Gasteiger partial charge in [-0.15, -0.1) is 0 Å². The smallest absolute Gasteiger partial charge is 0.0282 e. The number of hydrazine groups is 1. The molecule has 0 unspecified atom stereocenters. The maximum Gasteiger partial charge on any atom is 0.0282 e. The van der Waals surface area contributed by atoms with E-state index in [1.165, 1.54) is 0 Å². The van der Waals surface area contributed by atoms with E-state index >= 15 is 0 Å². The summed E-state index contributed by atoms with van der Waals surface area (Å²) in [6.07, 6.45) is 0. The number of hydrogen-bond donors (Lipinski definition) is 1. The van der Waals surface area contributed by atoms with Crippen LogP contribution in [0.3, 0.4) is 0 Å². The normalized spacial score (nSPS) is 38.4. The van der Waals surface area contributed by atoms with E-state index in [0.717, 1.165) is 13.1 Å². The zero-order chi connectivity index (χ0) is 7.72. The van der Waals surface area contributed by atoms with Crippen LogP contribution in [-0.2, 0) is 0 Å². The Kier molecular flexibility index (Phi) is 2.28. The number of likely N-dealkylation sites (N-methyl/N-ethyl adjacent to an activating group) is 1. The molecule has 3 heteroatoms. The van der Waals surface area contributed by atoms with Gasteiger partial charge in [0.15, 0.2) is 0 Å². The fraction of sp³-hybridized carbons (Fsp3) is 1.00. The van der Waals surface area contributed by atoms with Gasteiger partial charge in [-0.05, 0) is 20.9 Å². The third-order valence-corrected chi connectivity index (χ3v) is 2.39. The van der Waals surface area contributed by atoms with Crippen LogP contribution in [0.1, 0.15) is 13.8 Å². The highest BCUT2D eigenvalue weighted by Gasteiger charge is 2.23. The van der Waals surface area contributed by atoms with Gasteiger partial charge in [0.2, 0.25) is 0 Å². The zero-order valence-electron chi connectivity index (χ0n) is 7.04. The first-order valence-electron chi connectivity index (χ1n) is 3.83. The van der Waals surface area contributed by atoms with Gasteiger partial charge in [0.1, 0.15) is 0 Å². The first-order valence-corrected chi connectivity index (χ1v) is 3.83. The lowest BCUT2D eigenvalue weighted by Gasteiger charge is -2.40. The number of nitrogens with two attached hydrogens (primary N) is 1. The maximum atomic E-state index is 5.68. The van der Waals surface area contributed by atoms with E-state index < -0.39 is 0 Å². The van der Waals surface area contributed by atoms with Crippen LogP contribution >= 0.6 is 0 Å². The fourth-order valence-electron chi connectivity index (χ4n) is 1.45. The lowest BCUT2D eigenvalue weighted by Crippen LogP contribution is -2.57. The number of nitrogens with zero attached hydrogens (tertiary/aromatic N) is 2. The van der Waals surface area contributed by atoms with E-state index in [1.54, 1.807) is 0 Å². The minimum absolute atomic E-state index is 0.591. The number of hydrogen-bond acceptors (Lipinski definition) is 3. The van der Waals surface area contributed by atoms with Gasteiger partial charge >= 0.3 is 0 Å². The van der Waals surface area contributed by atoms with Gasteiger partial charge < -0.3 is 0 Å². The molecule has 2 atom stereocenters. The molecule has 2 N–H and O–H groups in total. The highest BCUT2D eigenvalue weighted by atomic mass is 15.4. The Hall–Kier alpha value is -0.120. The molecule has 0 aromatic heterocycles. The van der Waals surface area contributed by atoms with Gasteiger partial charge in [-0.1, -0.05) is 0 Å². The predicted octanol–water partition coefficient (Wildman–Crippen LogP) is -0.115. The average Bonchev–Trinajstić information content (AvgIpc) is 1.82. The van der Waals surface area contributed by atoms with E-state index in [0.29, 0.717) is 12.1 Å². The molecule has 0 aliphatic carbocycles. The summed E-state index contributed by atoms with van der Waals surface area (Å²) < 4.78 is 0. The van der Waals surface area contributed by atoms with Crippen molar-refractivity contribution in [2.75, 3.05) is 20.1 Å². The molecule has 1 fully saturated rings. The van der Waals surface area contributed by atoms with Gasteiger partial charge in [-0.25, -0.2) is 5.01 Å². The summed E-state index contributed by atoms with van der Waals surface area (Å²) in [5.74, 6) is 5.68. The monoisotopic (exact) mass is 143 g/mol. The Morgan fingerprint density at radius 3 is 2.00 bits per heavy atom. The van der Waals surface area contributed by atoms with E-state index in [9.17, 15) is 0 Å². The second-order valence-electron chi connectivity index (χ2n) is 3.32. The zero-order valence-corrected chi connectivity index (χ0v) is 7.04. The van der Waals surface area contributed by atoms with Crippen molar-refractivity contribution >= 4 is 0 Å². The summed E-state index contributed by atoms with van der Waals surface area (Å²) in [5, 5.41) is 1.90. The minimum Gasteiger partial charge on any atom is -0.298 e. The fourth-order valence-corrected chi connectivity index (χ4v) is 1.45. The minimum atomic E-state index is 0.591. The van der Waals surface area contributed by atoms with Crippen LogP contribution in [0.25, 0.3) is 0 Å². The maximum absolute atomic E-state index is 5.68. The Bertz CT molecular complexity index is 103. The van der Waals surface area contributed by atoms with Crippen LogP contribution in [-0.4, -0.2) is 42.1 Å². The molecule has 0 aromatic carbocycles. The van der Waals surface area contributed by atoms with Crippen LogP contribution in [0.4, 0.5) is 0 Å². The number of piperazine rings is 1. The second kappa shape index (κ2) is 2.86. The summed E-state index contributed by atoms with van der Waals surface area (Å²) in [5.41, 5.74) is 0. The van der Waals surface area contributed by atoms with Crippen LogP contribution in [0, 0.1) is 0 Å². The van der Waals surface area contributed by atoms with Gasteiger partial charge in [-0.2, -0.15) is 0 Å². The van der Waals surface area contributed by atoms with Crippen LogP contribution in [0.5, 0.6) is 0 Å². The van der Waals surface area contributed by atoms with Gasteiger partial charge in [0.05, 0.1) is 0 Å². The van der Waals surface area contributed by atoms with Crippen molar-refractivity contribution in [2.45, 2.75) is 25.9 Å². The first-order chi connectivity index (χ1) is 4.61. The summed E-state index contributed by atoms with van der Waals surface area (Å²) >= 11 is 0. The standard InChI is InChI=1S/C7H17N3/c1-6-4-10(8)5-7(2)9(6)3/h6-7H,4-5,8H2,1-3H3/t6-,7+. The largest absolute Gasteiger partial charge is 0.298 e. The van der Waals surface area contributed by atoms with E-state index in [4.69, 9.17) is 5.84 Å². The van der Waals surface area contributed by atoms with Gasteiger partial charge in [0.25, 0.3) is 0 Å². The molecule has 0 spiro atoms. The van der Waals surface area contributed by atoms with Crippen molar-refractivity contribution in [3.8, 4) is 0 Å². The molecule has 1 saturated heterocycles. The number of rotatable bonds is 0. The van der Waals surface area contributed by atoms with E-state index in [1.807, 2.05) is 5.01 Å². The van der Waals surface area contributed by atoms with Gasteiger partial charge in [0, 0.05) is 25.2 Å². The molecule has 60 valence electrons.